The lowest BCUT2D eigenvalue weighted by Gasteiger charge is -2.31. The third kappa shape index (κ3) is 7.07. The molecule has 0 saturated heterocycles. The maximum atomic E-state index is 12.6. The highest BCUT2D eigenvalue weighted by Gasteiger charge is 2.22. The highest BCUT2D eigenvalue weighted by molar-refractivity contribution is 5.93. The molecule has 1 atom stereocenters. The first-order valence-electron chi connectivity index (χ1n) is 13.9. The fourth-order valence-corrected chi connectivity index (χ4v) is 5.28. The molecule has 8 nitrogen and oxygen atoms in total. The number of rotatable bonds is 10. The number of carbonyl (C=O) groups excluding carboxylic acids is 1. The van der Waals surface area contributed by atoms with Crippen molar-refractivity contribution in [1.29, 1.82) is 0 Å². The molecule has 5 N–H and O–H groups in total. The summed E-state index contributed by atoms with van der Waals surface area (Å²) in [6, 6.07) is 8.31. The molecule has 1 aromatic carbocycles. The Morgan fingerprint density at radius 2 is 2.18 bits per heavy atom. The summed E-state index contributed by atoms with van der Waals surface area (Å²) in [6.45, 7) is 4.86. The molecule has 5 rings (SSSR count). The van der Waals surface area contributed by atoms with Crippen molar-refractivity contribution < 1.29 is 14.6 Å². The maximum Gasteiger partial charge on any atom is 0.270 e. The summed E-state index contributed by atoms with van der Waals surface area (Å²) in [4.78, 5) is 19.1. The summed E-state index contributed by atoms with van der Waals surface area (Å²) in [5.74, 6) is 0.624. The van der Waals surface area contributed by atoms with E-state index >= 15 is 0 Å². The number of nitrogens with zero attached hydrogens (tertiary/aromatic N) is 2. The van der Waals surface area contributed by atoms with Crippen molar-refractivity contribution in [3.05, 3.63) is 88.4 Å². The number of aromatic nitrogens is 1. The van der Waals surface area contributed by atoms with Gasteiger partial charge >= 0.3 is 0 Å². The second-order valence-electron chi connectivity index (χ2n) is 10.8. The average molecular weight is 530 g/mol. The average Bonchev–Trinajstić information content (AvgIpc) is 3.13. The number of allylic oxidation sites excluding steroid dienone is 3. The molecule has 0 unspecified atom stereocenters. The monoisotopic (exact) mass is 529 g/mol. The Bertz CT molecular complexity index is 1280. The van der Waals surface area contributed by atoms with E-state index in [1.807, 2.05) is 36.4 Å². The summed E-state index contributed by atoms with van der Waals surface area (Å²) in [7, 11) is 0. The minimum atomic E-state index is -0.669. The molecule has 8 heteroatoms. The summed E-state index contributed by atoms with van der Waals surface area (Å²) in [5, 5.41) is 16.9. The summed E-state index contributed by atoms with van der Waals surface area (Å²) >= 11 is 0. The first-order chi connectivity index (χ1) is 18.9. The van der Waals surface area contributed by atoms with Gasteiger partial charge in [0.05, 0.1) is 6.10 Å². The third-order valence-corrected chi connectivity index (χ3v) is 7.72. The molecule has 0 bridgehead atoms. The van der Waals surface area contributed by atoms with Crippen LogP contribution in [0, 0.1) is 6.92 Å². The van der Waals surface area contributed by atoms with Gasteiger partial charge in [0.1, 0.15) is 18.1 Å². The molecule has 39 heavy (non-hydrogen) atoms. The quantitative estimate of drug-likeness (QED) is 0.372. The van der Waals surface area contributed by atoms with Crippen LogP contribution in [-0.4, -0.2) is 59.3 Å². The Labute approximate surface area is 230 Å². The maximum absolute atomic E-state index is 12.6. The van der Waals surface area contributed by atoms with E-state index in [9.17, 15) is 9.90 Å². The lowest BCUT2D eigenvalue weighted by atomic mass is 9.93. The molecular formula is C31H39N5O3. The summed E-state index contributed by atoms with van der Waals surface area (Å²) < 4.78 is 6.16. The molecule has 0 spiro atoms. The zero-order valence-corrected chi connectivity index (χ0v) is 22.7. The number of β-amino-alcohol motifs (C(OH)–C–C–N with tert-alkyl or cyclic N) is 1. The standard InChI is InChI=1S/C31H39N5O3/c1-21-28-12-14-36(18-23(28)9-10-30(21)39-20-22-5-2-3-6-24(32)15-22)19-27(37)17-34-31(38)29-16-26(11-13-33-29)35-25-7-4-8-25/h2-3,5,9-11,13,15-16,25,27,37H,4,6-8,12,14,17-20,32H2,1H3,(H,33,35)(H,34,38)/t27-/m0/s1. The molecule has 1 fully saturated rings. The Hall–Kier alpha value is -3.62. The number of ether oxygens (including phenoxy) is 1. The van der Waals surface area contributed by atoms with E-state index in [4.69, 9.17) is 10.5 Å². The van der Waals surface area contributed by atoms with Gasteiger partial charge in [0.15, 0.2) is 0 Å². The van der Waals surface area contributed by atoms with Gasteiger partial charge in [-0.25, -0.2) is 0 Å². The van der Waals surface area contributed by atoms with Crippen LogP contribution >= 0.6 is 0 Å². The van der Waals surface area contributed by atoms with Crippen LogP contribution in [0.4, 0.5) is 5.69 Å². The number of benzene rings is 1. The number of aliphatic hydroxyl groups excluding tert-OH is 1. The fourth-order valence-electron chi connectivity index (χ4n) is 5.28. The van der Waals surface area contributed by atoms with Crippen LogP contribution in [0.2, 0.25) is 0 Å². The predicted octanol–water partition coefficient (Wildman–Crippen LogP) is 3.61. The van der Waals surface area contributed by atoms with Gasteiger partial charge in [-0.2, -0.15) is 0 Å². The van der Waals surface area contributed by atoms with Crippen LogP contribution in [0.1, 0.15) is 52.9 Å². The molecule has 2 heterocycles. The zero-order chi connectivity index (χ0) is 27.2. The van der Waals surface area contributed by atoms with Crippen molar-refractivity contribution in [2.45, 2.75) is 57.7 Å². The van der Waals surface area contributed by atoms with Gasteiger partial charge < -0.3 is 26.2 Å². The van der Waals surface area contributed by atoms with Gasteiger partial charge in [-0.15, -0.1) is 0 Å². The van der Waals surface area contributed by atoms with E-state index in [0.717, 1.165) is 61.5 Å². The Morgan fingerprint density at radius 3 is 3.00 bits per heavy atom. The van der Waals surface area contributed by atoms with Crippen LogP contribution in [0.3, 0.4) is 0 Å². The molecule has 1 aliphatic heterocycles. The van der Waals surface area contributed by atoms with Gasteiger partial charge in [0.25, 0.3) is 5.91 Å². The van der Waals surface area contributed by atoms with Crippen molar-refractivity contribution in [2.75, 3.05) is 31.6 Å². The first-order valence-corrected chi connectivity index (χ1v) is 13.9. The normalized spacial score (nSPS) is 18.2. The Morgan fingerprint density at radius 1 is 1.31 bits per heavy atom. The van der Waals surface area contributed by atoms with Crippen LogP contribution in [-0.2, 0) is 13.0 Å². The summed E-state index contributed by atoms with van der Waals surface area (Å²) in [5.41, 5.74) is 12.9. The number of nitrogens with one attached hydrogen (secondary N) is 2. The number of pyridine rings is 1. The number of hydrogen-bond donors (Lipinski definition) is 4. The highest BCUT2D eigenvalue weighted by atomic mass is 16.5. The number of hydrogen-bond acceptors (Lipinski definition) is 7. The molecule has 1 saturated carbocycles. The molecule has 1 amide bonds. The Kier molecular flexibility index (Phi) is 8.64. The van der Waals surface area contributed by atoms with Crippen molar-refractivity contribution in [3.63, 3.8) is 0 Å². The lowest BCUT2D eigenvalue weighted by molar-refractivity contribution is 0.0838. The van der Waals surface area contributed by atoms with E-state index in [1.165, 1.54) is 23.1 Å². The van der Waals surface area contributed by atoms with Gasteiger partial charge in [-0.05, 0) is 79.1 Å². The molecule has 3 aliphatic rings. The zero-order valence-electron chi connectivity index (χ0n) is 22.7. The van der Waals surface area contributed by atoms with Gasteiger partial charge in [0.2, 0.25) is 0 Å². The van der Waals surface area contributed by atoms with E-state index in [-0.39, 0.29) is 12.5 Å². The molecule has 2 aromatic rings. The van der Waals surface area contributed by atoms with Crippen LogP contribution < -0.4 is 21.1 Å². The minimum Gasteiger partial charge on any atom is -0.489 e. The topological polar surface area (TPSA) is 113 Å². The molecule has 0 radical (unpaired) electrons. The number of nitrogens with two attached hydrogens (primary N) is 1. The second-order valence-corrected chi connectivity index (χ2v) is 10.8. The van der Waals surface area contributed by atoms with E-state index in [1.54, 1.807) is 12.3 Å². The van der Waals surface area contributed by atoms with Crippen molar-refractivity contribution in [3.8, 4) is 5.75 Å². The Balaban J connectivity index is 1.10. The molecule has 1 aromatic heterocycles. The number of aliphatic hydroxyl groups is 1. The van der Waals surface area contributed by atoms with Crippen molar-refractivity contribution in [1.82, 2.24) is 15.2 Å². The highest BCUT2D eigenvalue weighted by Crippen LogP contribution is 2.30. The smallest absolute Gasteiger partial charge is 0.270 e. The van der Waals surface area contributed by atoms with E-state index in [0.29, 0.717) is 24.9 Å². The van der Waals surface area contributed by atoms with Crippen molar-refractivity contribution in [2.24, 2.45) is 5.73 Å². The SMILES string of the molecule is Cc1c(OCC2=CC=CCC(N)=C2)ccc2c1CCN(C[C@@H](O)CNC(=O)c1cc(NC3CCC3)ccn1)C2. The molecule has 2 aliphatic carbocycles. The van der Waals surface area contributed by atoms with Crippen molar-refractivity contribution >= 4 is 11.6 Å². The first kappa shape index (κ1) is 27.0. The second kappa shape index (κ2) is 12.5. The van der Waals surface area contributed by atoms with Crippen LogP contribution in [0.15, 0.2) is 66.0 Å². The number of fused-ring (bicyclic) bond motifs is 1. The van der Waals surface area contributed by atoms with Gasteiger partial charge in [0, 0.05) is 56.2 Å². The fraction of sp³-hybridized carbons (Fsp3) is 0.419. The number of carbonyl (C=O) groups is 1. The minimum absolute atomic E-state index is 0.181. The van der Waals surface area contributed by atoms with Gasteiger partial charge in [-0.3, -0.25) is 14.7 Å². The predicted molar refractivity (Wildman–Crippen MR) is 154 cm³/mol. The van der Waals surface area contributed by atoms with E-state index < -0.39 is 6.10 Å². The molecular weight excluding hydrogens is 490 g/mol. The third-order valence-electron chi connectivity index (χ3n) is 7.72. The van der Waals surface area contributed by atoms with Crippen LogP contribution in [0.25, 0.3) is 0 Å². The van der Waals surface area contributed by atoms with Crippen LogP contribution in [0.5, 0.6) is 5.75 Å². The largest absolute Gasteiger partial charge is 0.489 e. The molecule has 206 valence electrons. The lowest BCUT2D eigenvalue weighted by Crippen LogP contribution is -2.42. The van der Waals surface area contributed by atoms with E-state index in [2.05, 4.69) is 33.5 Å². The number of amides is 1. The number of anilines is 1. The van der Waals surface area contributed by atoms with Gasteiger partial charge in [-0.1, -0.05) is 24.3 Å². The summed E-state index contributed by atoms with van der Waals surface area (Å²) in [6.07, 6.45) is 14.3.